The van der Waals surface area contributed by atoms with Crippen molar-refractivity contribution in [1.82, 2.24) is 29.5 Å². The van der Waals surface area contributed by atoms with Gasteiger partial charge in [-0.1, -0.05) is 6.92 Å². The second-order valence-electron chi connectivity index (χ2n) is 7.58. The van der Waals surface area contributed by atoms with Crippen molar-refractivity contribution in [2.24, 2.45) is 4.99 Å². The molecule has 1 saturated heterocycles. The summed E-state index contributed by atoms with van der Waals surface area (Å²) in [4.78, 5) is 30.7. The first-order valence-corrected chi connectivity index (χ1v) is 10.0. The number of nitrogens with one attached hydrogen (secondary N) is 2. The fourth-order valence-corrected chi connectivity index (χ4v) is 3.64. The van der Waals surface area contributed by atoms with Crippen molar-refractivity contribution in [2.75, 3.05) is 37.6 Å². The van der Waals surface area contributed by atoms with Crippen LogP contribution in [0, 0.1) is 0 Å². The minimum absolute atomic E-state index is 0.205. The molecule has 0 aromatic carbocycles. The third-order valence-corrected chi connectivity index (χ3v) is 5.51. The second-order valence-corrected chi connectivity index (χ2v) is 7.58. The van der Waals surface area contributed by atoms with Crippen LogP contribution < -0.4 is 21.3 Å². The minimum atomic E-state index is -0.461. The molecule has 0 radical (unpaired) electrons. The highest BCUT2D eigenvalue weighted by atomic mass is 16.3. The molecule has 29 heavy (non-hydrogen) atoms. The maximum absolute atomic E-state index is 11.4. The largest absolute Gasteiger partial charge is 0.493 e. The number of fused-ring (bicyclic) bond motifs is 1. The molecule has 4 heterocycles. The normalized spacial score (nSPS) is 19.6. The zero-order valence-electron chi connectivity index (χ0n) is 16.3. The number of rotatable bonds is 4. The average Bonchev–Trinajstić information content (AvgIpc) is 3.36. The Morgan fingerprint density at radius 2 is 2.07 bits per heavy atom. The van der Waals surface area contributed by atoms with Crippen molar-refractivity contribution in [1.29, 1.82) is 0 Å². The third kappa shape index (κ3) is 3.51. The van der Waals surface area contributed by atoms with Crippen LogP contribution >= 0.6 is 0 Å². The van der Waals surface area contributed by atoms with E-state index in [0.29, 0.717) is 22.6 Å². The molecule has 5 rings (SSSR count). The molecule has 0 unspecified atom stereocenters. The first kappa shape index (κ1) is 17.9. The zero-order valence-corrected chi connectivity index (χ0v) is 16.3. The molecular weight excluding hydrogens is 372 g/mol. The molecule has 10 heteroatoms. The zero-order chi connectivity index (χ0) is 20.0. The fourth-order valence-electron chi connectivity index (χ4n) is 3.64. The Morgan fingerprint density at radius 3 is 2.72 bits per heavy atom. The van der Waals surface area contributed by atoms with Gasteiger partial charge in [-0.15, -0.1) is 0 Å². The van der Waals surface area contributed by atoms with Crippen molar-refractivity contribution in [3.8, 4) is 5.88 Å². The van der Waals surface area contributed by atoms with Gasteiger partial charge >= 0.3 is 5.69 Å². The van der Waals surface area contributed by atoms with E-state index in [4.69, 9.17) is 9.98 Å². The molecule has 0 spiro atoms. The van der Waals surface area contributed by atoms with Gasteiger partial charge in [0.25, 0.3) is 0 Å². The van der Waals surface area contributed by atoms with Crippen molar-refractivity contribution in [2.45, 2.75) is 25.8 Å². The Labute approximate surface area is 166 Å². The maximum atomic E-state index is 11.4. The molecule has 1 aliphatic carbocycles. The predicted octanol–water partition coefficient (Wildman–Crippen LogP) is -0.796. The molecule has 0 atom stereocenters. The number of imidazole rings is 1. The molecule has 0 amide bonds. The van der Waals surface area contributed by atoms with E-state index >= 15 is 0 Å². The smallest absolute Gasteiger partial charge is 0.326 e. The minimum Gasteiger partial charge on any atom is -0.493 e. The van der Waals surface area contributed by atoms with E-state index < -0.39 is 5.69 Å². The van der Waals surface area contributed by atoms with Gasteiger partial charge in [0, 0.05) is 37.5 Å². The third-order valence-electron chi connectivity index (χ3n) is 5.51. The average molecular weight is 396 g/mol. The van der Waals surface area contributed by atoms with Gasteiger partial charge in [0.2, 0.25) is 5.88 Å². The van der Waals surface area contributed by atoms with E-state index in [1.165, 1.54) is 0 Å². The summed E-state index contributed by atoms with van der Waals surface area (Å²) < 4.78 is 1.73. The lowest BCUT2D eigenvalue weighted by molar-refractivity contribution is 0.270. The monoisotopic (exact) mass is 396 g/mol. The quantitative estimate of drug-likeness (QED) is 0.532. The van der Waals surface area contributed by atoms with E-state index in [1.807, 2.05) is 6.07 Å². The number of aromatic nitrogens is 5. The summed E-state index contributed by atoms with van der Waals surface area (Å²) in [5.74, 6) is 0.679. The number of aromatic amines is 2. The van der Waals surface area contributed by atoms with Crippen molar-refractivity contribution in [3.63, 3.8) is 0 Å². The molecule has 0 bridgehead atoms. The number of likely N-dealkylation sites (N-methyl/N-ethyl adjacent to an activating group) is 1. The second kappa shape index (κ2) is 7.03. The Bertz CT molecular complexity index is 1210. The number of nitrogens with zero attached hydrogens (tertiary/aromatic N) is 6. The lowest BCUT2D eigenvalue weighted by Crippen LogP contribution is -2.46. The van der Waals surface area contributed by atoms with Crippen molar-refractivity contribution < 1.29 is 5.11 Å². The van der Waals surface area contributed by atoms with Crippen LogP contribution in [0.25, 0.3) is 11.7 Å². The first-order valence-electron chi connectivity index (χ1n) is 10.0. The molecular formula is C19H24N8O2. The van der Waals surface area contributed by atoms with Gasteiger partial charge in [0.1, 0.15) is 11.5 Å². The Balaban J connectivity index is 1.63. The molecule has 3 aromatic rings. The summed E-state index contributed by atoms with van der Waals surface area (Å²) in [6.45, 7) is 7.09. The number of anilines is 1. The van der Waals surface area contributed by atoms with Crippen LogP contribution in [0.4, 0.5) is 5.82 Å². The fraction of sp³-hybridized carbons (Fsp3) is 0.474. The van der Waals surface area contributed by atoms with Crippen LogP contribution in [0.5, 0.6) is 5.88 Å². The summed E-state index contributed by atoms with van der Waals surface area (Å²) in [6, 6.07) is 2.37. The van der Waals surface area contributed by atoms with Gasteiger partial charge in [-0.2, -0.15) is 9.61 Å². The molecule has 3 N–H and O–H groups in total. The van der Waals surface area contributed by atoms with Gasteiger partial charge < -0.3 is 19.9 Å². The van der Waals surface area contributed by atoms with Gasteiger partial charge in [0.15, 0.2) is 11.1 Å². The number of piperazine rings is 1. The van der Waals surface area contributed by atoms with Gasteiger partial charge in [0.05, 0.1) is 12.2 Å². The standard InChI is InChI=1S/C19H24N8O2/c1-2-25-5-7-26(8-6-25)15-10-16(21-13-3-4-13)27-17(23-15)12(11-20-27)9-14-18(28)24-19(29)22-14/h9-11,13,28H,2-8H2,1H3,(H2,22,24,29)/b12-9-,21-16?. The summed E-state index contributed by atoms with van der Waals surface area (Å²) in [5, 5.41) is 15.1. The van der Waals surface area contributed by atoms with Crippen LogP contribution in [0.15, 0.2) is 22.1 Å². The molecule has 1 saturated carbocycles. The van der Waals surface area contributed by atoms with E-state index in [-0.39, 0.29) is 5.88 Å². The number of H-pyrrole nitrogens is 2. The maximum Gasteiger partial charge on any atom is 0.326 e. The number of hydrogen-bond acceptors (Lipinski definition) is 7. The van der Waals surface area contributed by atoms with E-state index in [9.17, 15) is 9.90 Å². The van der Waals surface area contributed by atoms with E-state index in [2.05, 4.69) is 31.8 Å². The van der Waals surface area contributed by atoms with Gasteiger partial charge in [-0.3, -0.25) is 9.98 Å². The first-order chi connectivity index (χ1) is 14.1. The molecule has 1 aliphatic heterocycles. The van der Waals surface area contributed by atoms with Crippen molar-refractivity contribution in [3.05, 3.63) is 39.1 Å². The van der Waals surface area contributed by atoms with Gasteiger partial charge in [-0.05, 0) is 25.5 Å². The summed E-state index contributed by atoms with van der Waals surface area (Å²) >= 11 is 0. The van der Waals surface area contributed by atoms with Gasteiger partial charge in [-0.25, -0.2) is 9.78 Å². The van der Waals surface area contributed by atoms with Crippen LogP contribution in [0.3, 0.4) is 0 Å². The number of aromatic hydroxyl groups is 1. The molecule has 2 aliphatic rings. The van der Waals surface area contributed by atoms with E-state index in [1.54, 1.807) is 16.8 Å². The molecule has 10 nitrogen and oxygen atoms in total. The number of hydrogen-bond donors (Lipinski definition) is 3. The predicted molar refractivity (Wildman–Crippen MR) is 108 cm³/mol. The van der Waals surface area contributed by atoms with Crippen LogP contribution in [0.2, 0.25) is 0 Å². The lowest BCUT2D eigenvalue weighted by atomic mass is 10.3. The van der Waals surface area contributed by atoms with Crippen molar-refractivity contribution >= 4 is 17.5 Å². The highest BCUT2D eigenvalue weighted by Gasteiger charge is 2.22. The van der Waals surface area contributed by atoms with E-state index in [0.717, 1.165) is 56.9 Å². The summed E-state index contributed by atoms with van der Waals surface area (Å²) in [7, 11) is 0. The SMILES string of the molecule is CCN1CCN(c2cc(=NC3CC3)n3nc/c(=C/c4[nH]c(=O)[nH]c4O)c3n2)CC1. The van der Waals surface area contributed by atoms with Crippen LogP contribution in [0.1, 0.15) is 25.5 Å². The Morgan fingerprint density at radius 1 is 1.28 bits per heavy atom. The summed E-state index contributed by atoms with van der Waals surface area (Å²) in [5.41, 5.74) is 1.28. The highest BCUT2D eigenvalue weighted by Crippen LogP contribution is 2.22. The molecule has 3 aromatic heterocycles. The molecule has 2 fully saturated rings. The Hall–Kier alpha value is -3.14. The van der Waals surface area contributed by atoms with Crippen LogP contribution in [-0.2, 0) is 0 Å². The Kier molecular flexibility index (Phi) is 4.35. The highest BCUT2D eigenvalue weighted by molar-refractivity contribution is 5.58. The summed E-state index contributed by atoms with van der Waals surface area (Å²) in [6.07, 6.45) is 5.56. The molecule has 152 valence electrons. The van der Waals surface area contributed by atoms with Crippen LogP contribution in [-0.4, -0.2) is 73.3 Å². The topological polar surface area (TPSA) is 118 Å². The lowest BCUT2D eigenvalue weighted by Gasteiger charge is -2.34.